The second-order valence-corrected chi connectivity index (χ2v) is 6.16. The van der Waals surface area contributed by atoms with E-state index in [-0.39, 0.29) is 0 Å². The van der Waals surface area contributed by atoms with Crippen molar-refractivity contribution in [2.24, 2.45) is 5.41 Å². The second-order valence-electron chi connectivity index (χ2n) is 4.75. The van der Waals surface area contributed by atoms with Crippen LogP contribution < -0.4 is 0 Å². The molecule has 0 aromatic rings. The van der Waals surface area contributed by atoms with Crippen LogP contribution in [0.4, 0.5) is 0 Å². The van der Waals surface area contributed by atoms with Crippen LogP contribution in [0, 0.1) is 5.41 Å². The van der Waals surface area contributed by atoms with Crippen LogP contribution in [0.3, 0.4) is 0 Å². The van der Waals surface area contributed by atoms with Crippen LogP contribution in [0.15, 0.2) is 0 Å². The molecule has 0 nitrogen and oxygen atoms in total. The Morgan fingerprint density at radius 1 is 1.27 bits per heavy atom. The number of hydrogen-bond donors (Lipinski definition) is 0. The third kappa shape index (κ3) is 4.05. The van der Waals surface area contributed by atoms with E-state index in [9.17, 15) is 0 Å². The van der Waals surface area contributed by atoms with Gasteiger partial charge in [0.2, 0.25) is 0 Å². The summed E-state index contributed by atoms with van der Waals surface area (Å²) in [7, 11) is 0. The lowest BCUT2D eigenvalue weighted by Gasteiger charge is -2.28. The molecular weight excluding hydrogens is 152 g/mol. The minimum atomic E-state index is 0.537. The smallest absolute Gasteiger partial charge is 0.00520 e. The average molecular weight is 172 g/mol. The summed E-state index contributed by atoms with van der Waals surface area (Å²) in [5.74, 6) is 1.40. The summed E-state index contributed by atoms with van der Waals surface area (Å²) in [6, 6.07) is 0. The first-order valence-electron chi connectivity index (χ1n) is 4.69. The highest BCUT2D eigenvalue weighted by Crippen LogP contribution is 2.34. The second kappa shape index (κ2) is 3.84. The molecule has 1 atom stereocenters. The van der Waals surface area contributed by atoms with Crippen LogP contribution in [0.5, 0.6) is 0 Å². The van der Waals surface area contributed by atoms with Gasteiger partial charge in [0.1, 0.15) is 0 Å². The van der Waals surface area contributed by atoms with Crippen LogP contribution in [-0.2, 0) is 0 Å². The van der Waals surface area contributed by atoms with Crippen molar-refractivity contribution in [2.75, 3.05) is 5.75 Å². The Morgan fingerprint density at radius 3 is 2.45 bits per heavy atom. The van der Waals surface area contributed by atoms with Crippen molar-refractivity contribution in [1.82, 2.24) is 0 Å². The molecule has 0 radical (unpaired) electrons. The first kappa shape index (κ1) is 9.44. The van der Waals surface area contributed by atoms with Gasteiger partial charge in [-0.25, -0.2) is 0 Å². The van der Waals surface area contributed by atoms with Gasteiger partial charge in [-0.3, -0.25) is 0 Å². The molecule has 11 heavy (non-hydrogen) atoms. The highest BCUT2D eigenvalue weighted by molar-refractivity contribution is 7.99. The maximum atomic E-state index is 2.35. The first-order valence-corrected chi connectivity index (χ1v) is 5.74. The quantitative estimate of drug-likeness (QED) is 0.581. The van der Waals surface area contributed by atoms with Gasteiger partial charge >= 0.3 is 0 Å². The molecule has 1 aliphatic rings. The number of rotatable bonds is 1. The van der Waals surface area contributed by atoms with E-state index in [0.29, 0.717) is 5.41 Å². The van der Waals surface area contributed by atoms with Crippen LogP contribution in [0.25, 0.3) is 0 Å². The van der Waals surface area contributed by atoms with Gasteiger partial charge in [0.25, 0.3) is 0 Å². The fourth-order valence-corrected chi connectivity index (χ4v) is 3.31. The van der Waals surface area contributed by atoms with Crippen molar-refractivity contribution in [3.8, 4) is 0 Å². The SMILES string of the molecule is CC(C)(C)CC1CCCCS1. The van der Waals surface area contributed by atoms with E-state index in [1.165, 1.54) is 31.4 Å². The van der Waals surface area contributed by atoms with Gasteiger partial charge in [0.15, 0.2) is 0 Å². The van der Waals surface area contributed by atoms with Gasteiger partial charge in [-0.2, -0.15) is 11.8 Å². The Balaban J connectivity index is 2.24. The van der Waals surface area contributed by atoms with Gasteiger partial charge in [0, 0.05) is 5.25 Å². The molecule has 1 fully saturated rings. The predicted molar refractivity (Wildman–Crippen MR) is 54.2 cm³/mol. The monoisotopic (exact) mass is 172 g/mol. The standard InChI is InChI=1S/C10H20S/c1-10(2,3)8-9-6-4-5-7-11-9/h9H,4-8H2,1-3H3. The van der Waals surface area contributed by atoms with Gasteiger partial charge in [-0.05, 0) is 30.4 Å². The van der Waals surface area contributed by atoms with Crippen molar-refractivity contribution in [3.05, 3.63) is 0 Å². The Bertz CT molecular complexity index is 107. The Kier molecular flexibility index (Phi) is 3.29. The molecule has 66 valence electrons. The van der Waals surface area contributed by atoms with Crippen LogP contribution in [0.2, 0.25) is 0 Å². The summed E-state index contributed by atoms with van der Waals surface area (Å²) in [5.41, 5.74) is 0.537. The summed E-state index contributed by atoms with van der Waals surface area (Å²) < 4.78 is 0. The first-order chi connectivity index (χ1) is 5.08. The summed E-state index contributed by atoms with van der Waals surface area (Å²) in [5, 5.41) is 0.962. The van der Waals surface area contributed by atoms with Gasteiger partial charge < -0.3 is 0 Å². The molecule has 0 N–H and O–H groups in total. The molecule has 1 unspecified atom stereocenters. The molecule has 1 rings (SSSR count). The molecular formula is C10H20S. The maximum absolute atomic E-state index is 2.35. The topological polar surface area (TPSA) is 0 Å². The van der Waals surface area contributed by atoms with Gasteiger partial charge in [0.05, 0.1) is 0 Å². The minimum Gasteiger partial charge on any atom is -0.159 e. The summed E-state index contributed by atoms with van der Waals surface area (Å²) >= 11 is 2.19. The molecule has 1 heteroatoms. The number of thioether (sulfide) groups is 1. The van der Waals surface area contributed by atoms with E-state index in [4.69, 9.17) is 0 Å². The molecule has 1 saturated heterocycles. The molecule has 1 aliphatic heterocycles. The molecule has 0 spiro atoms. The van der Waals surface area contributed by atoms with Crippen LogP contribution in [0.1, 0.15) is 46.5 Å². The molecule has 0 aliphatic carbocycles. The minimum absolute atomic E-state index is 0.537. The largest absolute Gasteiger partial charge is 0.159 e. The zero-order valence-electron chi connectivity index (χ0n) is 8.02. The van der Waals surface area contributed by atoms with Crippen LogP contribution in [-0.4, -0.2) is 11.0 Å². The van der Waals surface area contributed by atoms with Crippen molar-refractivity contribution >= 4 is 11.8 Å². The summed E-state index contributed by atoms with van der Waals surface area (Å²) in [4.78, 5) is 0. The molecule has 0 aromatic carbocycles. The van der Waals surface area contributed by atoms with E-state index in [1.54, 1.807) is 0 Å². The zero-order chi connectivity index (χ0) is 8.32. The Hall–Kier alpha value is 0.350. The molecule has 0 amide bonds. The van der Waals surface area contributed by atoms with E-state index >= 15 is 0 Å². The fraction of sp³-hybridized carbons (Fsp3) is 1.00. The highest BCUT2D eigenvalue weighted by atomic mass is 32.2. The maximum Gasteiger partial charge on any atom is 0.00520 e. The predicted octanol–water partition coefficient (Wildman–Crippen LogP) is 3.71. The third-order valence-corrected chi connectivity index (χ3v) is 3.51. The normalized spacial score (nSPS) is 27.0. The number of hydrogen-bond acceptors (Lipinski definition) is 1. The highest BCUT2D eigenvalue weighted by Gasteiger charge is 2.20. The van der Waals surface area contributed by atoms with Crippen molar-refractivity contribution in [1.29, 1.82) is 0 Å². The molecule has 1 heterocycles. The Labute approximate surface area is 75.1 Å². The van der Waals surface area contributed by atoms with Crippen LogP contribution >= 0.6 is 11.8 Å². The summed E-state index contributed by atoms with van der Waals surface area (Å²) in [6.45, 7) is 7.05. The van der Waals surface area contributed by atoms with Crippen molar-refractivity contribution in [2.45, 2.75) is 51.7 Å². The molecule has 0 bridgehead atoms. The fourth-order valence-electron chi connectivity index (χ4n) is 1.65. The lowest BCUT2D eigenvalue weighted by atomic mass is 9.89. The lowest BCUT2D eigenvalue weighted by molar-refractivity contribution is 0.362. The average Bonchev–Trinajstić information content (AvgIpc) is 1.85. The van der Waals surface area contributed by atoms with E-state index in [1.807, 2.05) is 0 Å². The molecule has 0 aromatic heterocycles. The van der Waals surface area contributed by atoms with Crippen molar-refractivity contribution in [3.63, 3.8) is 0 Å². The summed E-state index contributed by atoms with van der Waals surface area (Å²) in [6.07, 6.45) is 5.78. The van der Waals surface area contributed by atoms with E-state index in [0.717, 1.165) is 5.25 Å². The van der Waals surface area contributed by atoms with Crippen molar-refractivity contribution < 1.29 is 0 Å². The third-order valence-electron chi connectivity index (χ3n) is 2.11. The van der Waals surface area contributed by atoms with Gasteiger partial charge in [-0.15, -0.1) is 0 Å². The zero-order valence-corrected chi connectivity index (χ0v) is 8.84. The Morgan fingerprint density at radius 2 is 2.00 bits per heavy atom. The van der Waals surface area contributed by atoms with Gasteiger partial charge in [-0.1, -0.05) is 27.2 Å². The van der Waals surface area contributed by atoms with E-state index in [2.05, 4.69) is 32.5 Å². The molecule has 0 saturated carbocycles. The van der Waals surface area contributed by atoms with E-state index < -0.39 is 0 Å². The lowest BCUT2D eigenvalue weighted by Crippen LogP contribution is -2.18.